The number of piperazine rings is 1. The molecule has 1 saturated heterocycles. The Morgan fingerprint density at radius 3 is 2.25 bits per heavy atom. The first-order valence-electron chi connectivity index (χ1n) is 6.69. The highest BCUT2D eigenvalue weighted by Gasteiger charge is 2.35. The van der Waals surface area contributed by atoms with E-state index in [1.54, 1.807) is 12.1 Å². The smallest absolute Gasteiger partial charge is 0.333 e. The van der Waals surface area contributed by atoms with Crippen LogP contribution in [-0.4, -0.2) is 38.1 Å². The third-order valence-corrected chi connectivity index (χ3v) is 3.42. The van der Waals surface area contributed by atoms with E-state index < -0.39 is 11.7 Å². The lowest BCUT2D eigenvalue weighted by atomic mass is 9.99. The Morgan fingerprint density at radius 1 is 1.15 bits per heavy atom. The lowest BCUT2D eigenvalue weighted by Gasteiger charge is -2.34. The van der Waals surface area contributed by atoms with E-state index in [-0.39, 0.29) is 6.04 Å². The zero-order valence-electron chi connectivity index (χ0n) is 11.9. The van der Waals surface area contributed by atoms with Crippen molar-refractivity contribution in [3.63, 3.8) is 0 Å². The fourth-order valence-electron chi connectivity index (χ4n) is 2.39. The van der Waals surface area contributed by atoms with Crippen LogP contribution in [0.15, 0.2) is 24.3 Å². The van der Waals surface area contributed by atoms with Crippen molar-refractivity contribution in [1.82, 2.24) is 10.2 Å². The maximum atomic E-state index is 12.9. The van der Waals surface area contributed by atoms with E-state index in [2.05, 4.69) is 16.0 Å². The van der Waals surface area contributed by atoms with Crippen LogP contribution in [0.25, 0.3) is 0 Å². The Bertz CT molecular complexity index is 401. The average molecular weight is 289 g/mol. The summed E-state index contributed by atoms with van der Waals surface area (Å²) in [7, 11) is 1.50. The molecule has 2 rings (SSSR count). The topological polar surface area (TPSA) is 41.3 Å². The van der Waals surface area contributed by atoms with Crippen LogP contribution in [0.3, 0.4) is 0 Å². The van der Waals surface area contributed by atoms with Crippen molar-refractivity contribution in [2.24, 2.45) is 5.73 Å². The third-order valence-electron chi connectivity index (χ3n) is 3.42. The lowest BCUT2D eigenvalue weighted by molar-refractivity contribution is -0.138. The summed E-state index contributed by atoms with van der Waals surface area (Å²) in [6, 6.07) is 5.65. The van der Waals surface area contributed by atoms with Gasteiger partial charge in [-0.1, -0.05) is 18.2 Å². The summed E-state index contributed by atoms with van der Waals surface area (Å²) in [5.41, 5.74) is 4.35. The number of nitrogens with two attached hydrogens (primary N) is 1. The van der Waals surface area contributed by atoms with Crippen LogP contribution in [0, 0.1) is 0 Å². The molecule has 6 heteroatoms. The molecule has 0 aromatic heterocycles. The van der Waals surface area contributed by atoms with Crippen LogP contribution in [0.2, 0.25) is 0 Å². The van der Waals surface area contributed by atoms with Crippen LogP contribution in [0.1, 0.15) is 24.1 Å². The Hall–Kier alpha value is -1.11. The summed E-state index contributed by atoms with van der Waals surface area (Å²) in [5, 5.41) is 3.20. The molecule has 0 spiro atoms. The van der Waals surface area contributed by atoms with Crippen molar-refractivity contribution in [2.45, 2.75) is 19.1 Å². The molecular weight excluding hydrogens is 267 g/mol. The van der Waals surface area contributed by atoms with Crippen LogP contribution in [-0.2, 0) is 6.18 Å². The normalized spacial score (nSPS) is 18.1. The van der Waals surface area contributed by atoms with Gasteiger partial charge in [-0.15, -0.1) is 0 Å². The Kier molecular flexibility index (Phi) is 6.45. The van der Waals surface area contributed by atoms with E-state index in [9.17, 15) is 13.2 Å². The van der Waals surface area contributed by atoms with E-state index in [1.165, 1.54) is 13.1 Å². The van der Waals surface area contributed by atoms with Gasteiger partial charge in [0, 0.05) is 32.2 Å². The van der Waals surface area contributed by atoms with Crippen LogP contribution in [0.5, 0.6) is 0 Å². The summed E-state index contributed by atoms with van der Waals surface area (Å²) in [6.07, 6.45) is -4.28. The molecule has 1 heterocycles. The minimum Gasteiger partial charge on any atom is -0.333 e. The van der Waals surface area contributed by atoms with Gasteiger partial charge < -0.3 is 11.1 Å². The third kappa shape index (κ3) is 4.19. The molecule has 3 N–H and O–H groups in total. The van der Waals surface area contributed by atoms with Crippen molar-refractivity contribution in [2.75, 3.05) is 33.2 Å². The second-order valence-corrected chi connectivity index (χ2v) is 4.55. The molecule has 0 saturated carbocycles. The van der Waals surface area contributed by atoms with Gasteiger partial charge in [-0.25, -0.2) is 0 Å². The van der Waals surface area contributed by atoms with E-state index >= 15 is 0 Å². The summed E-state index contributed by atoms with van der Waals surface area (Å²) in [4.78, 5) is 2.08. The maximum absolute atomic E-state index is 12.9. The standard InChI is InChI=1S/C13H17F3N2.CH5N/c1-10(18-8-6-17-7-9-18)11-4-2-3-5-12(11)13(14,15)16;1-2/h2-5,10,17H,6-9H2,1H3;2H2,1H3. The lowest BCUT2D eigenvalue weighted by Crippen LogP contribution is -2.44. The van der Waals surface area contributed by atoms with E-state index in [0.29, 0.717) is 5.56 Å². The van der Waals surface area contributed by atoms with Gasteiger partial charge >= 0.3 is 6.18 Å². The number of nitrogens with zero attached hydrogens (tertiary/aromatic N) is 1. The molecule has 1 aromatic rings. The van der Waals surface area contributed by atoms with Gasteiger partial charge in [0.05, 0.1) is 5.56 Å². The highest BCUT2D eigenvalue weighted by molar-refractivity contribution is 5.32. The fourth-order valence-corrected chi connectivity index (χ4v) is 2.39. The molecule has 0 bridgehead atoms. The monoisotopic (exact) mass is 289 g/mol. The second kappa shape index (κ2) is 7.61. The highest BCUT2D eigenvalue weighted by atomic mass is 19.4. The molecule has 1 unspecified atom stereocenters. The van der Waals surface area contributed by atoms with Gasteiger partial charge in [0.15, 0.2) is 0 Å². The highest BCUT2D eigenvalue weighted by Crippen LogP contribution is 2.36. The largest absolute Gasteiger partial charge is 0.416 e. The number of halogens is 3. The van der Waals surface area contributed by atoms with Gasteiger partial charge in [0.1, 0.15) is 0 Å². The minimum atomic E-state index is -4.28. The number of rotatable bonds is 2. The van der Waals surface area contributed by atoms with Gasteiger partial charge in [-0.05, 0) is 25.6 Å². The summed E-state index contributed by atoms with van der Waals surface area (Å²) in [6.45, 7) is 5.08. The molecule has 1 aliphatic heterocycles. The number of alkyl halides is 3. The molecule has 20 heavy (non-hydrogen) atoms. The maximum Gasteiger partial charge on any atom is 0.416 e. The van der Waals surface area contributed by atoms with Crippen LogP contribution >= 0.6 is 0 Å². The van der Waals surface area contributed by atoms with Crippen LogP contribution < -0.4 is 11.1 Å². The molecule has 1 aromatic carbocycles. The Labute approximate surface area is 117 Å². The van der Waals surface area contributed by atoms with Gasteiger partial charge in [-0.2, -0.15) is 13.2 Å². The van der Waals surface area contributed by atoms with Crippen molar-refractivity contribution >= 4 is 0 Å². The first-order valence-corrected chi connectivity index (χ1v) is 6.69. The predicted octanol–water partition coefficient (Wildman–Crippen LogP) is 2.25. The van der Waals surface area contributed by atoms with Gasteiger partial charge in [0.2, 0.25) is 0 Å². The number of benzene rings is 1. The first kappa shape index (κ1) is 16.9. The first-order chi connectivity index (χ1) is 9.50. The quantitative estimate of drug-likeness (QED) is 0.877. The number of nitrogens with one attached hydrogen (secondary N) is 1. The van der Waals surface area contributed by atoms with Gasteiger partial charge in [0.25, 0.3) is 0 Å². The molecule has 0 amide bonds. The SMILES string of the molecule is CC(c1ccccc1C(F)(F)F)N1CCNCC1.CN. The Balaban J connectivity index is 0.000000956. The summed E-state index contributed by atoms with van der Waals surface area (Å²) < 4.78 is 38.8. The van der Waals surface area contributed by atoms with Crippen molar-refractivity contribution in [3.05, 3.63) is 35.4 Å². The zero-order valence-corrected chi connectivity index (χ0v) is 11.9. The van der Waals surface area contributed by atoms with Crippen molar-refractivity contribution in [1.29, 1.82) is 0 Å². The molecule has 3 nitrogen and oxygen atoms in total. The molecule has 114 valence electrons. The molecule has 1 fully saturated rings. The van der Waals surface area contributed by atoms with Crippen LogP contribution in [0.4, 0.5) is 13.2 Å². The molecular formula is C14H22F3N3. The molecule has 1 aliphatic rings. The predicted molar refractivity (Wildman–Crippen MR) is 74.4 cm³/mol. The molecule has 0 aliphatic carbocycles. The molecule has 1 atom stereocenters. The molecule has 0 radical (unpaired) electrons. The minimum absolute atomic E-state index is 0.204. The van der Waals surface area contributed by atoms with E-state index in [4.69, 9.17) is 0 Å². The summed E-state index contributed by atoms with van der Waals surface area (Å²) >= 11 is 0. The number of hydrogen-bond acceptors (Lipinski definition) is 3. The van der Waals surface area contributed by atoms with Crippen molar-refractivity contribution in [3.8, 4) is 0 Å². The second-order valence-electron chi connectivity index (χ2n) is 4.55. The van der Waals surface area contributed by atoms with Gasteiger partial charge in [-0.3, -0.25) is 4.90 Å². The fraction of sp³-hybridized carbons (Fsp3) is 0.571. The van der Waals surface area contributed by atoms with E-state index in [1.807, 2.05) is 6.92 Å². The Morgan fingerprint density at radius 2 is 1.70 bits per heavy atom. The van der Waals surface area contributed by atoms with Crippen molar-refractivity contribution < 1.29 is 13.2 Å². The summed E-state index contributed by atoms with van der Waals surface area (Å²) in [5.74, 6) is 0. The zero-order chi connectivity index (χ0) is 15.2. The van der Waals surface area contributed by atoms with E-state index in [0.717, 1.165) is 32.2 Å². The number of hydrogen-bond donors (Lipinski definition) is 2. The average Bonchev–Trinajstić information content (AvgIpc) is 2.48.